The molecule has 0 saturated carbocycles. The van der Waals surface area contributed by atoms with E-state index in [1.54, 1.807) is 13.3 Å². The molecular weight excluding hydrogens is 257 g/mol. The summed E-state index contributed by atoms with van der Waals surface area (Å²) in [7, 11) is -0.617. The number of methoxy groups -OCH3 is 1. The first-order valence-electron chi connectivity index (χ1n) is 7.17. The molecular formula is C15H32NO2P. The summed E-state index contributed by atoms with van der Waals surface area (Å²) in [5.74, 6) is 0.365. The molecule has 0 aromatic rings. The van der Waals surface area contributed by atoms with Gasteiger partial charge in [-0.15, -0.1) is 0 Å². The number of hydrogen-bond donors (Lipinski definition) is 2. The molecule has 19 heavy (non-hydrogen) atoms. The topological polar surface area (TPSA) is 41.5 Å². The fourth-order valence-corrected chi connectivity index (χ4v) is 4.90. The second kappa shape index (κ2) is 8.73. The van der Waals surface area contributed by atoms with Crippen molar-refractivity contribution in [2.24, 2.45) is 5.92 Å². The SMILES string of the molecule is C=CN/C(CC)=C(/C(CC)C[C@@H](C)OC)[PH](C)(C)O. The van der Waals surface area contributed by atoms with Crippen molar-refractivity contribution in [3.8, 4) is 0 Å². The first kappa shape index (κ1) is 18.6. The summed E-state index contributed by atoms with van der Waals surface area (Å²) in [6, 6.07) is 0. The molecule has 0 aliphatic rings. The molecule has 1 unspecified atom stereocenters. The Morgan fingerprint density at radius 2 is 2.00 bits per heavy atom. The van der Waals surface area contributed by atoms with Crippen LogP contribution in [0.5, 0.6) is 0 Å². The molecule has 0 aromatic heterocycles. The van der Waals surface area contributed by atoms with E-state index in [-0.39, 0.29) is 6.10 Å². The number of rotatable bonds is 9. The molecule has 2 N–H and O–H groups in total. The minimum absolute atomic E-state index is 0.207. The summed E-state index contributed by atoms with van der Waals surface area (Å²) < 4.78 is 5.39. The average Bonchev–Trinajstić information content (AvgIpc) is 2.34. The molecule has 114 valence electrons. The Hall–Kier alpha value is -0.370. The van der Waals surface area contributed by atoms with Crippen LogP contribution in [-0.2, 0) is 4.74 Å². The Balaban J connectivity index is 5.49. The molecule has 0 bridgehead atoms. The third kappa shape index (κ3) is 6.07. The molecule has 0 heterocycles. The van der Waals surface area contributed by atoms with E-state index >= 15 is 0 Å². The van der Waals surface area contributed by atoms with Crippen molar-refractivity contribution in [3.05, 3.63) is 23.8 Å². The zero-order chi connectivity index (χ0) is 15.1. The van der Waals surface area contributed by atoms with Crippen LogP contribution in [0.25, 0.3) is 0 Å². The Kier molecular flexibility index (Phi) is 8.56. The standard InChI is InChI=1S/C15H32NO2P/c1-8-13(11-12(4)18-5)15(19(6,7)17)14(9-2)16-10-3/h10,12-13,16-17,19H,3,8-9,11H2,1-2,4-7H3/b15-14-/t12-,13?/m1/s1. The summed E-state index contributed by atoms with van der Waals surface area (Å²) in [5.41, 5.74) is 1.13. The van der Waals surface area contributed by atoms with Gasteiger partial charge in [-0.05, 0) is 0 Å². The molecule has 3 nitrogen and oxygen atoms in total. The van der Waals surface area contributed by atoms with Crippen LogP contribution in [0.3, 0.4) is 0 Å². The molecule has 0 rings (SSSR count). The average molecular weight is 289 g/mol. The number of allylic oxidation sites excluding steroid dienone is 2. The van der Waals surface area contributed by atoms with E-state index in [0.717, 1.165) is 25.0 Å². The molecule has 0 aliphatic heterocycles. The third-order valence-electron chi connectivity index (χ3n) is 3.53. The van der Waals surface area contributed by atoms with Crippen molar-refractivity contribution in [2.45, 2.75) is 46.1 Å². The molecule has 0 amide bonds. The van der Waals surface area contributed by atoms with Crippen LogP contribution in [0.15, 0.2) is 23.8 Å². The fourth-order valence-electron chi connectivity index (χ4n) is 2.59. The number of ether oxygens (including phenoxy) is 1. The summed E-state index contributed by atoms with van der Waals surface area (Å²) in [4.78, 5) is 10.7. The predicted octanol–water partition coefficient (Wildman–Crippen LogP) is 3.71. The van der Waals surface area contributed by atoms with E-state index in [1.807, 2.05) is 13.3 Å². The van der Waals surface area contributed by atoms with Gasteiger partial charge in [-0.1, -0.05) is 0 Å². The van der Waals surface area contributed by atoms with Gasteiger partial charge in [0.15, 0.2) is 0 Å². The van der Waals surface area contributed by atoms with Gasteiger partial charge < -0.3 is 0 Å². The van der Waals surface area contributed by atoms with Crippen molar-refractivity contribution in [1.82, 2.24) is 5.32 Å². The van der Waals surface area contributed by atoms with Gasteiger partial charge in [0, 0.05) is 0 Å². The summed E-state index contributed by atoms with van der Waals surface area (Å²) in [6.07, 6.45) is 4.75. The maximum absolute atomic E-state index is 10.7. The first-order chi connectivity index (χ1) is 8.81. The fraction of sp³-hybridized carbons (Fsp3) is 0.733. The monoisotopic (exact) mass is 289 g/mol. The number of nitrogens with one attached hydrogen (secondary N) is 1. The van der Waals surface area contributed by atoms with E-state index in [9.17, 15) is 4.89 Å². The van der Waals surface area contributed by atoms with Gasteiger partial charge in [-0.2, -0.15) is 0 Å². The van der Waals surface area contributed by atoms with E-state index in [4.69, 9.17) is 4.74 Å². The van der Waals surface area contributed by atoms with E-state index < -0.39 is 7.49 Å². The van der Waals surface area contributed by atoms with Crippen LogP contribution in [0.1, 0.15) is 40.0 Å². The molecule has 0 fully saturated rings. The Morgan fingerprint density at radius 3 is 2.32 bits per heavy atom. The van der Waals surface area contributed by atoms with Gasteiger partial charge in [0.2, 0.25) is 0 Å². The van der Waals surface area contributed by atoms with Gasteiger partial charge in [-0.3, -0.25) is 0 Å². The first-order valence-corrected chi connectivity index (χ1v) is 10.1. The van der Waals surface area contributed by atoms with E-state index in [0.29, 0.717) is 5.92 Å². The second-order valence-electron chi connectivity index (χ2n) is 5.54. The van der Waals surface area contributed by atoms with Gasteiger partial charge in [0.1, 0.15) is 0 Å². The van der Waals surface area contributed by atoms with Gasteiger partial charge >= 0.3 is 119 Å². The van der Waals surface area contributed by atoms with Gasteiger partial charge in [0.25, 0.3) is 0 Å². The van der Waals surface area contributed by atoms with E-state index in [2.05, 4.69) is 32.7 Å². The third-order valence-corrected chi connectivity index (χ3v) is 5.56. The molecule has 0 saturated heterocycles. The molecule has 0 radical (unpaired) electrons. The van der Waals surface area contributed by atoms with Crippen molar-refractivity contribution >= 4 is 7.49 Å². The zero-order valence-electron chi connectivity index (χ0n) is 13.4. The summed E-state index contributed by atoms with van der Waals surface area (Å²) in [6.45, 7) is 14.1. The molecule has 0 aromatic carbocycles. The van der Waals surface area contributed by atoms with Crippen molar-refractivity contribution < 1.29 is 9.63 Å². The Morgan fingerprint density at radius 1 is 1.42 bits per heavy atom. The predicted molar refractivity (Wildman–Crippen MR) is 87.9 cm³/mol. The van der Waals surface area contributed by atoms with Gasteiger partial charge in [0.05, 0.1) is 0 Å². The van der Waals surface area contributed by atoms with Gasteiger partial charge in [-0.25, -0.2) is 0 Å². The van der Waals surface area contributed by atoms with E-state index in [1.165, 1.54) is 5.31 Å². The van der Waals surface area contributed by atoms with Crippen molar-refractivity contribution in [3.63, 3.8) is 0 Å². The Bertz CT molecular complexity index is 308. The quantitative estimate of drug-likeness (QED) is 0.636. The maximum atomic E-state index is 10.7. The van der Waals surface area contributed by atoms with Crippen molar-refractivity contribution in [2.75, 3.05) is 20.4 Å². The molecule has 0 spiro atoms. The normalized spacial score (nSPS) is 17.4. The zero-order valence-corrected chi connectivity index (χ0v) is 14.4. The van der Waals surface area contributed by atoms with Crippen LogP contribution in [0.4, 0.5) is 0 Å². The summed E-state index contributed by atoms with van der Waals surface area (Å²) >= 11 is 0. The van der Waals surface area contributed by atoms with Crippen LogP contribution in [0, 0.1) is 5.92 Å². The number of hydrogen-bond acceptors (Lipinski definition) is 3. The molecule has 0 aliphatic carbocycles. The Labute approximate surface area is 119 Å². The van der Waals surface area contributed by atoms with Crippen LogP contribution < -0.4 is 5.32 Å². The second-order valence-corrected chi connectivity index (χ2v) is 9.20. The molecule has 2 atom stereocenters. The summed E-state index contributed by atoms with van der Waals surface area (Å²) in [5, 5.41) is 4.43. The minimum atomic E-state index is -2.36. The van der Waals surface area contributed by atoms with Crippen molar-refractivity contribution in [1.29, 1.82) is 0 Å². The van der Waals surface area contributed by atoms with Crippen LogP contribution in [-0.4, -0.2) is 31.4 Å². The van der Waals surface area contributed by atoms with Crippen LogP contribution >= 0.6 is 7.49 Å². The van der Waals surface area contributed by atoms with Crippen LogP contribution in [0.2, 0.25) is 0 Å². The molecule has 4 heteroatoms.